The molecular weight excluding hydrogens is 238 g/mol. The second-order valence-corrected chi connectivity index (χ2v) is 3.19. The Morgan fingerprint density at radius 2 is 2.31 bits per heavy atom. The minimum Gasteiger partial charge on any atom is -0.410 e. The summed E-state index contributed by atoms with van der Waals surface area (Å²) in [5.74, 6) is 0.344. The highest BCUT2D eigenvalue weighted by Crippen LogP contribution is 2.22. The number of ether oxygens (including phenoxy) is 1. The van der Waals surface area contributed by atoms with Crippen molar-refractivity contribution in [2.75, 3.05) is 0 Å². The van der Waals surface area contributed by atoms with Crippen LogP contribution >= 0.6 is 15.9 Å². The van der Waals surface area contributed by atoms with Crippen molar-refractivity contribution in [1.82, 2.24) is 0 Å². The zero-order chi connectivity index (χ0) is 9.84. The number of aliphatic hydroxyl groups is 1. The molecule has 1 aromatic rings. The minimum atomic E-state index is -0.858. The molecule has 0 bridgehead atoms. The maximum atomic E-state index is 10.4. The van der Waals surface area contributed by atoms with Crippen LogP contribution in [0.25, 0.3) is 0 Å². The molecule has 5 heteroatoms. The number of carbonyl (C=O) groups is 1. The average molecular weight is 246 g/mol. The maximum Gasteiger partial charge on any atom is 0.409 e. The predicted molar refractivity (Wildman–Crippen MR) is 50.3 cm³/mol. The summed E-state index contributed by atoms with van der Waals surface area (Å²) in [6, 6.07) is 4.76. The van der Waals surface area contributed by atoms with Crippen LogP contribution in [0.4, 0.5) is 4.79 Å². The molecule has 0 aliphatic carbocycles. The quantitative estimate of drug-likeness (QED) is 0.828. The first-order chi connectivity index (χ1) is 6.13. The van der Waals surface area contributed by atoms with Gasteiger partial charge in [-0.15, -0.1) is 0 Å². The number of benzene rings is 1. The Hall–Kier alpha value is -1.07. The Bertz CT molecular complexity index is 327. The molecule has 0 saturated heterocycles. The van der Waals surface area contributed by atoms with Gasteiger partial charge in [-0.1, -0.05) is 22.0 Å². The van der Waals surface area contributed by atoms with E-state index >= 15 is 0 Å². The van der Waals surface area contributed by atoms with Gasteiger partial charge in [0.2, 0.25) is 0 Å². The highest BCUT2D eigenvalue weighted by Gasteiger charge is 2.02. The Labute approximate surface area is 83.4 Å². The number of nitrogens with two attached hydrogens (primary N) is 1. The molecule has 0 saturated carbocycles. The third-order valence-electron chi connectivity index (χ3n) is 1.41. The van der Waals surface area contributed by atoms with E-state index in [1.54, 1.807) is 18.2 Å². The smallest absolute Gasteiger partial charge is 0.409 e. The van der Waals surface area contributed by atoms with Gasteiger partial charge < -0.3 is 15.6 Å². The number of rotatable bonds is 2. The summed E-state index contributed by atoms with van der Waals surface area (Å²) in [6.07, 6.45) is -0.858. The van der Waals surface area contributed by atoms with Crippen LogP contribution in [-0.2, 0) is 6.61 Å². The molecule has 0 aliphatic heterocycles. The summed E-state index contributed by atoms with van der Waals surface area (Å²) in [4.78, 5) is 10.4. The molecule has 70 valence electrons. The van der Waals surface area contributed by atoms with E-state index in [1.807, 2.05) is 0 Å². The molecule has 0 radical (unpaired) electrons. The van der Waals surface area contributed by atoms with Crippen LogP contribution in [0.5, 0.6) is 5.75 Å². The Morgan fingerprint density at radius 3 is 2.77 bits per heavy atom. The molecule has 1 amide bonds. The molecule has 0 spiro atoms. The first-order valence-corrected chi connectivity index (χ1v) is 4.29. The van der Waals surface area contributed by atoms with Gasteiger partial charge in [-0.05, 0) is 17.7 Å². The molecular formula is C8H8BrNO3. The number of carbonyl (C=O) groups excluding carboxylic acids is 1. The summed E-state index contributed by atoms with van der Waals surface area (Å²) in [6.45, 7) is -0.0720. The fourth-order valence-corrected chi connectivity index (χ4v) is 1.32. The lowest BCUT2D eigenvalue weighted by atomic mass is 10.2. The van der Waals surface area contributed by atoms with Gasteiger partial charge in [0.25, 0.3) is 0 Å². The summed E-state index contributed by atoms with van der Waals surface area (Å²) in [5.41, 5.74) is 5.54. The van der Waals surface area contributed by atoms with Crippen LogP contribution in [0, 0.1) is 0 Å². The van der Waals surface area contributed by atoms with Crippen LogP contribution in [0.3, 0.4) is 0 Å². The minimum absolute atomic E-state index is 0.0720. The van der Waals surface area contributed by atoms with Crippen molar-refractivity contribution in [3.8, 4) is 5.75 Å². The Balaban J connectivity index is 2.89. The summed E-state index contributed by atoms with van der Waals surface area (Å²) in [7, 11) is 0. The van der Waals surface area contributed by atoms with E-state index in [2.05, 4.69) is 20.7 Å². The number of hydrogen-bond acceptors (Lipinski definition) is 3. The third kappa shape index (κ3) is 2.71. The van der Waals surface area contributed by atoms with Gasteiger partial charge in [-0.3, -0.25) is 0 Å². The molecule has 4 nitrogen and oxygen atoms in total. The van der Waals surface area contributed by atoms with E-state index in [1.165, 1.54) is 0 Å². The zero-order valence-electron chi connectivity index (χ0n) is 6.66. The van der Waals surface area contributed by atoms with Gasteiger partial charge >= 0.3 is 6.09 Å². The van der Waals surface area contributed by atoms with Crippen molar-refractivity contribution >= 4 is 22.0 Å². The molecule has 1 aromatic carbocycles. The molecule has 0 aliphatic rings. The van der Waals surface area contributed by atoms with E-state index in [4.69, 9.17) is 10.8 Å². The molecule has 0 fully saturated rings. The van der Waals surface area contributed by atoms with E-state index in [0.717, 1.165) is 5.56 Å². The van der Waals surface area contributed by atoms with Gasteiger partial charge in [-0.2, -0.15) is 0 Å². The lowest BCUT2D eigenvalue weighted by Crippen LogP contribution is -2.16. The second kappa shape index (κ2) is 4.25. The highest BCUT2D eigenvalue weighted by molar-refractivity contribution is 9.10. The average Bonchev–Trinajstić information content (AvgIpc) is 2.03. The van der Waals surface area contributed by atoms with Crippen LogP contribution in [0.2, 0.25) is 0 Å². The van der Waals surface area contributed by atoms with Gasteiger partial charge in [0.05, 0.1) is 6.61 Å². The monoisotopic (exact) mass is 245 g/mol. The number of aliphatic hydroxyl groups excluding tert-OH is 1. The molecule has 0 atom stereocenters. The molecule has 13 heavy (non-hydrogen) atoms. The van der Waals surface area contributed by atoms with Gasteiger partial charge in [0.1, 0.15) is 5.75 Å². The van der Waals surface area contributed by atoms with Crippen LogP contribution in [-0.4, -0.2) is 11.2 Å². The van der Waals surface area contributed by atoms with E-state index in [9.17, 15) is 4.79 Å². The van der Waals surface area contributed by atoms with E-state index in [-0.39, 0.29) is 6.61 Å². The maximum absolute atomic E-state index is 10.4. The molecule has 1 rings (SSSR count). The van der Waals surface area contributed by atoms with Crippen molar-refractivity contribution in [2.45, 2.75) is 6.61 Å². The molecule has 0 unspecified atom stereocenters. The predicted octanol–water partition coefficient (Wildman–Crippen LogP) is 1.40. The first kappa shape index (κ1) is 10.0. The fraction of sp³-hybridized carbons (Fsp3) is 0.125. The topological polar surface area (TPSA) is 72.6 Å². The summed E-state index contributed by atoms with van der Waals surface area (Å²) < 4.78 is 5.30. The largest absolute Gasteiger partial charge is 0.410 e. The van der Waals surface area contributed by atoms with Gasteiger partial charge in [0, 0.05) is 4.47 Å². The highest BCUT2D eigenvalue weighted by atomic mass is 79.9. The second-order valence-electron chi connectivity index (χ2n) is 2.33. The summed E-state index contributed by atoms with van der Waals surface area (Å²) >= 11 is 3.21. The van der Waals surface area contributed by atoms with E-state index in [0.29, 0.717) is 10.2 Å². The van der Waals surface area contributed by atoms with E-state index < -0.39 is 6.09 Å². The fourth-order valence-electron chi connectivity index (χ4n) is 0.836. The van der Waals surface area contributed by atoms with Crippen LogP contribution in [0.1, 0.15) is 5.56 Å². The molecule has 3 N–H and O–H groups in total. The van der Waals surface area contributed by atoms with Crippen molar-refractivity contribution in [3.63, 3.8) is 0 Å². The number of halogens is 1. The van der Waals surface area contributed by atoms with Crippen LogP contribution in [0.15, 0.2) is 22.7 Å². The standard InChI is InChI=1S/C8H8BrNO3/c9-7-3-6(13-8(10)12)2-1-5(7)4-11/h1-3,11H,4H2,(H2,10,12). The zero-order valence-corrected chi connectivity index (χ0v) is 8.24. The first-order valence-electron chi connectivity index (χ1n) is 3.50. The third-order valence-corrected chi connectivity index (χ3v) is 2.15. The van der Waals surface area contributed by atoms with Crippen molar-refractivity contribution in [3.05, 3.63) is 28.2 Å². The lowest BCUT2D eigenvalue weighted by molar-refractivity contribution is 0.211. The summed E-state index contributed by atoms with van der Waals surface area (Å²) in [5, 5.41) is 8.83. The molecule has 0 aromatic heterocycles. The SMILES string of the molecule is NC(=O)Oc1ccc(CO)c(Br)c1. The van der Waals surface area contributed by atoms with Crippen molar-refractivity contribution < 1.29 is 14.6 Å². The number of amides is 1. The number of primary amides is 1. The molecule has 0 heterocycles. The van der Waals surface area contributed by atoms with Crippen molar-refractivity contribution in [2.24, 2.45) is 5.73 Å². The Kier molecular flexibility index (Phi) is 3.27. The normalized spacial score (nSPS) is 9.69. The van der Waals surface area contributed by atoms with Gasteiger partial charge in [0.15, 0.2) is 0 Å². The van der Waals surface area contributed by atoms with Crippen molar-refractivity contribution in [1.29, 1.82) is 0 Å². The Morgan fingerprint density at radius 1 is 1.62 bits per heavy atom. The lowest BCUT2D eigenvalue weighted by Gasteiger charge is -2.03. The number of hydrogen-bond donors (Lipinski definition) is 2. The van der Waals surface area contributed by atoms with Crippen LogP contribution < -0.4 is 10.5 Å². The van der Waals surface area contributed by atoms with Gasteiger partial charge in [-0.25, -0.2) is 4.79 Å².